The van der Waals surface area contributed by atoms with Crippen molar-refractivity contribution in [1.82, 2.24) is 4.98 Å². The van der Waals surface area contributed by atoms with Crippen molar-refractivity contribution in [2.45, 2.75) is 0 Å². The minimum atomic E-state index is 0.847. The summed E-state index contributed by atoms with van der Waals surface area (Å²) in [6, 6.07) is 9.88. The van der Waals surface area contributed by atoms with Crippen molar-refractivity contribution in [3.63, 3.8) is 0 Å². The molecule has 2 nitrogen and oxygen atoms in total. The van der Waals surface area contributed by atoms with E-state index in [1.807, 2.05) is 30.3 Å². The number of ether oxygens (including phenoxy) is 1. The van der Waals surface area contributed by atoms with Crippen LogP contribution in [0.3, 0.4) is 0 Å². The van der Waals surface area contributed by atoms with Crippen molar-refractivity contribution < 1.29 is 4.74 Å². The third-order valence-corrected chi connectivity index (χ3v) is 2.82. The van der Waals surface area contributed by atoms with Gasteiger partial charge < -0.3 is 4.74 Å². The van der Waals surface area contributed by atoms with Gasteiger partial charge in [0.05, 0.1) is 7.11 Å². The van der Waals surface area contributed by atoms with Crippen LogP contribution >= 0.6 is 15.9 Å². The van der Waals surface area contributed by atoms with Crippen molar-refractivity contribution in [2.24, 2.45) is 0 Å². The summed E-state index contributed by atoms with van der Waals surface area (Å²) >= 11 is 3.52. The number of pyridine rings is 1. The van der Waals surface area contributed by atoms with Gasteiger partial charge in [0.15, 0.2) is 0 Å². The van der Waals surface area contributed by atoms with E-state index in [0.717, 1.165) is 21.3 Å². The highest BCUT2D eigenvalue weighted by atomic mass is 79.9. The summed E-state index contributed by atoms with van der Waals surface area (Å²) in [6.45, 7) is 0. The molecule has 2 aromatic rings. The second kappa shape index (κ2) is 4.45. The number of nitrogens with zero attached hydrogens (tertiary/aromatic N) is 1. The van der Waals surface area contributed by atoms with Crippen molar-refractivity contribution in [1.29, 1.82) is 0 Å². The highest BCUT2D eigenvalue weighted by Gasteiger charge is 2.03. The summed E-state index contributed by atoms with van der Waals surface area (Å²) in [5.74, 6) is 0.847. The summed E-state index contributed by atoms with van der Waals surface area (Å²) in [6.07, 6.45) is 3.57. The molecule has 3 heteroatoms. The largest absolute Gasteiger partial charge is 0.497 e. The predicted molar refractivity (Wildman–Crippen MR) is 63.9 cm³/mol. The van der Waals surface area contributed by atoms with Gasteiger partial charge in [-0.1, -0.05) is 15.9 Å². The lowest BCUT2D eigenvalue weighted by Crippen LogP contribution is -1.85. The van der Waals surface area contributed by atoms with E-state index in [2.05, 4.69) is 20.9 Å². The minimum Gasteiger partial charge on any atom is -0.497 e. The Kier molecular flexibility index (Phi) is 3.02. The summed E-state index contributed by atoms with van der Waals surface area (Å²) in [5.41, 5.74) is 2.28. The van der Waals surface area contributed by atoms with E-state index in [1.165, 1.54) is 0 Å². The smallest absolute Gasteiger partial charge is 0.120 e. The monoisotopic (exact) mass is 263 g/mol. The van der Waals surface area contributed by atoms with Crippen LogP contribution in [-0.4, -0.2) is 12.1 Å². The Morgan fingerprint density at radius 3 is 2.47 bits per heavy atom. The quantitative estimate of drug-likeness (QED) is 0.827. The van der Waals surface area contributed by atoms with Crippen molar-refractivity contribution in [2.75, 3.05) is 7.11 Å². The van der Waals surface area contributed by atoms with Crippen LogP contribution in [0, 0.1) is 0 Å². The maximum Gasteiger partial charge on any atom is 0.120 e. The van der Waals surface area contributed by atoms with E-state index in [9.17, 15) is 0 Å². The lowest BCUT2D eigenvalue weighted by Gasteiger charge is -2.06. The molecule has 2 rings (SSSR count). The molecule has 1 aromatic heterocycles. The number of benzene rings is 1. The second-order valence-electron chi connectivity index (χ2n) is 3.08. The van der Waals surface area contributed by atoms with E-state index >= 15 is 0 Å². The van der Waals surface area contributed by atoms with Gasteiger partial charge in [0.25, 0.3) is 0 Å². The van der Waals surface area contributed by atoms with E-state index < -0.39 is 0 Å². The molecule has 1 aromatic carbocycles. The summed E-state index contributed by atoms with van der Waals surface area (Å²) in [5, 5.41) is 0. The predicted octanol–water partition coefficient (Wildman–Crippen LogP) is 3.52. The van der Waals surface area contributed by atoms with Gasteiger partial charge in [-0.2, -0.15) is 0 Å². The zero-order valence-electron chi connectivity index (χ0n) is 8.27. The summed E-state index contributed by atoms with van der Waals surface area (Å²) < 4.78 is 6.16. The molecule has 0 aliphatic heterocycles. The van der Waals surface area contributed by atoms with Crippen LogP contribution < -0.4 is 4.74 Å². The number of methoxy groups -OCH3 is 1. The van der Waals surface area contributed by atoms with Crippen molar-refractivity contribution in [3.05, 3.63) is 47.2 Å². The van der Waals surface area contributed by atoms with Gasteiger partial charge in [-0.05, 0) is 41.5 Å². The fourth-order valence-corrected chi connectivity index (χ4v) is 1.98. The Balaban J connectivity index is 2.46. The van der Waals surface area contributed by atoms with E-state index in [1.54, 1.807) is 19.5 Å². The Morgan fingerprint density at radius 2 is 1.87 bits per heavy atom. The molecule has 0 atom stereocenters. The van der Waals surface area contributed by atoms with Crippen LogP contribution in [0.4, 0.5) is 0 Å². The molecule has 0 amide bonds. The first-order valence-corrected chi connectivity index (χ1v) is 5.34. The van der Waals surface area contributed by atoms with Crippen LogP contribution in [0.15, 0.2) is 47.2 Å². The number of aromatic nitrogens is 1. The first-order valence-electron chi connectivity index (χ1n) is 4.55. The molecule has 0 saturated heterocycles. The molecule has 0 aliphatic carbocycles. The van der Waals surface area contributed by atoms with E-state index in [0.29, 0.717) is 0 Å². The topological polar surface area (TPSA) is 22.1 Å². The van der Waals surface area contributed by atoms with Crippen LogP contribution in [0.1, 0.15) is 0 Å². The third kappa shape index (κ3) is 2.18. The normalized spacial score (nSPS) is 10.0. The average Bonchev–Trinajstić information content (AvgIpc) is 2.30. The van der Waals surface area contributed by atoms with Gasteiger partial charge in [0.2, 0.25) is 0 Å². The van der Waals surface area contributed by atoms with Crippen LogP contribution in [0.2, 0.25) is 0 Å². The van der Waals surface area contributed by atoms with Gasteiger partial charge in [-0.3, -0.25) is 4.98 Å². The molecule has 0 bridgehead atoms. The fraction of sp³-hybridized carbons (Fsp3) is 0.0833. The van der Waals surface area contributed by atoms with Crippen LogP contribution in [0.25, 0.3) is 11.1 Å². The van der Waals surface area contributed by atoms with Crippen LogP contribution in [-0.2, 0) is 0 Å². The zero-order valence-corrected chi connectivity index (χ0v) is 9.86. The maximum absolute atomic E-state index is 5.14. The standard InChI is InChI=1S/C12H10BrNO/c1-15-10-2-3-11(12(13)8-10)9-4-6-14-7-5-9/h2-8H,1H3. The number of rotatable bonds is 2. The first kappa shape index (κ1) is 10.2. The lowest BCUT2D eigenvalue weighted by molar-refractivity contribution is 0.414. The molecule has 0 saturated carbocycles. The molecule has 0 radical (unpaired) electrons. The molecule has 0 N–H and O–H groups in total. The Morgan fingerprint density at radius 1 is 1.13 bits per heavy atom. The SMILES string of the molecule is COc1ccc(-c2ccncc2)c(Br)c1. The lowest BCUT2D eigenvalue weighted by atomic mass is 10.1. The van der Waals surface area contributed by atoms with Gasteiger partial charge in [0.1, 0.15) is 5.75 Å². The zero-order chi connectivity index (χ0) is 10.7. The van der Waals surface area contributed by atoms with Crippen molar-refractivity contribution >= 4 is 15.9 Å². The molecule has 1 heterocycles. The minimum absolute atomic E-state index is 0.847. The Hall–Kier alpha value is -1.35. The van der Waals surface area contributed by atoms with Gasteiger partial charge in [0, 0.05) is 16.9 Å². The summed E-state index contributed by atoms with van der Waals surface area (Å²) in [4.78, 5) is 3.99. The highest BCUT2D eigenvalue weighted by Crippen LogP contribution is 2.30. The first-order chi connectivity index (χ1) is 7.31. The van der Waals surface area contributed by atoms with Gasteiger partial charge >= 0.3 is 0 Å². The fourth-order valence-electron chi connectivity index (χ4n) is 1.39. The molecule has 0 aliphatic rings. The van der Waals surface area contributed by atoms with E-state index in [4.69, 9.17) is 4.74 Å². The molecular formula is C12H10BrNO. The Bertz CT molecular complexity index is 456. The van der Waals surface area contributed by atoms with Gasteiger partial charge in [-0.15, -0.1) is 0 Å². The summed E-state index contributed by atoms with van der Waals surface area (Å²) in [7, 11) is 1.66. The highest BCUT2D eigenvalue weighted by molar-refractivity contribution is 9.10. The molecule has 0 spiro atoms. The molecular weight excluding hydrogens is 254 g/mol. The Labute approximate surface area is 97.1 Å². The maximum atomic E-state index is 5.14. The third-order valence-electron chi connectivity index (χ3n) is 2.17. The van der Waals surface area contributed by atoms with E-state index in [-0.39, 0.29) is 0 Å². The molecule has 0 unspecified atom stereocenters. The number of hydrogen-bond donors (Lipinski definition) is 0. The number of hydrogen-bond acceptors (Lipinski definition) is 2. The van der Waals surface area contributed by atoms with Crippen LogP contribution in [0.5, 0.6) is 5.75 Å². The second-order valence-corrected chi connectivity index (χ2v) is 3.94. The average molecular weight is 264 g/mol. The van der Waals surface area contributed by atoms with Gasteiger partial charge in [-0.25, -0.2) is 0 Å². The molecule has 15 heavy (non-hydrogen) atoms. The molecule has 76 valence electrons. The number of halogens is 1. The molecule has 0 fully saturated rings. The van der Waals surface area contributed by atoms with Crippen molar-refractivity contribution in [3.8, 4) is 16.9 Å².